The standard InChI is InChI=1S/C19H30N6/c1-3-20-19(21-10-13-24-11-5-4-6-12-24)22-14-17-15-25-16(2)8-7-9-18(25)23-17/h7-9,15H,3-6,10-14H2,1-2H3,(H2,20,21,22). The zero-order chi connectivity index (χ0) is 17.5. The molecule has 0 spiro atoms. The van der Waals surface area contributed by atoms with Gasteiger partial charge in [0.1, 0.15) is 5.65 Å². The number of guanidine groups is 1. The van der Waals surface area contributed by atoms with E-state index in [4.69, 9.17) is 4.99 Å². The van der Waals surface area contributed by atoms with Crippen molar-refractivity contribution in [3.63, 3.8) is 0 Å². The molecule has 0 bridgehead atoms. The lowest BCUT2D eigenvalue weighted by molar-refractivity contribution is 0.232. The minimum absolute atomic E-state index is 0.583. The van der Waals surface area contributed by atoms with Crippen LogP contribution in [-0.4, -0.2) is 53.0 Å². The summed E-state index contributed by atoms with van der Waals surface area (Å²) in [5, 5.41) is 6.77. The third-order valence-electron chi connectivity index (χ3n) is 4.66. The van der Waals surface area contributed by atoms with Gasteiger partial charge in [0.25, 0.3) is 0 Å². The molecule has 6 heteroatoms. The highest BCUT2D eigenvalue weighted by atomic mass is 15.2. The molecule has 2 aromatic heterocycles. The van der Waals surface area contributed by atoms with Crippen molar-refractivity contribution in [1.29, 1.82) is 0 Å². The lowest BCUT2D eigenvalue weighted by Gasteiger charge is -2.26. The Morgan fingerprint density at radius 3 is 2.80 bits per heavy atom. The van der Waals surface area contributed by atoms with Crippen molar-refractivity contribution in [2.24, 2.45) is 4.99 Å². The molecule has 0 unspecified atom stereocenters. The summed E-state index contributed by atoms with van der Waals surface area (Å²) in [6.45, 7) is 10.1. The number of aromatic nitrogens is 2. The van der Waals surface area contributed by atoms with E-state index < -0.39 is 0 Å². The summed E-state index contributed by atoms with van der Waals surface area (Å²) in [4.78, 5) is 11.9. The lowest BCUT2D eigenvalue weighted by Crippen LogP contribution is -2.42. The highest BCUT2D eigenvalue weighted by Gasteiger charge is 2.09. The maximum Gasteiger partial charge on any atom is 0.191 e. The number of hydrogen-bond donors (Lipinski definition) is 2. The van der Waals surface area contributed by atoms with E-state index >= 15 is 0 Å². The number of nitrogens with one attached hydrogen (secondary N) is 2. The summed E-state index contributed by atoms with van der Waals surface area (Å²) >= 11 is 0. The van der Waals surface area contributed by atoms with Crippen LogP contribution >= 0.6 is 0 Å². The van der Waals surface area contributed by atoms with Crippen LogP contribution in [0.1, 0.15) is 37.6 Å². The number of imidazole rings is 1. The topological polar surface area (TPSA) is 57.0 Å². The minimum Gasteiger partial charge on any atom is -0.357 e. The first-order chi connectivity index (χ1) is 12.3. The Hall–Kier alpha value is -2.08. The zero-order valence-electron chi connectivity index (χ0n) is 15.5. The van der Waals surface area contributed by atoms with E-state index in [-0.39, 0.29) is 0 Å². The van der Waals surface area contributed by atoms with Gasteiger partial charge in [-0.15, -0.1) is 0 Å². The summed E-state index contributed by atoms with van der Waals surface area (Å²) in [5.74, 6) is 0.869. The van der Waals surface area contributed by atoms with E-state index in [0.717, 1.165) is 36.9 Å². The number of aliphatic imine (C=N–C) groups is 1. The van der Waals surface area contributed by atoms with Crippen molar-refractivity contribution in [1.82, 2.24) is 24.9 Å². The van der Waals surface area contributed by atoms with Crippen molar-refractivity contribution in [2.45, 2.75) is 39.7 Å². The molecule has 2 N–H and O–H groups in total. The molecule has 3 heterocycles. The molecule has 1 aliphatic rings. The average molecular weight is 342 g/mol. The smallest absolute Gasteiger partial charge is 0.191 e. The van der Waals surface area contributed by atoms with E-state index in [1.165, 1.54) is 38.0 Å². The van der Waals surface area contributed by atoms with Gasteiger partial charge in [-0.1, -0.05) is 12.5 Å². The number of likely N-dealkylation sites (tertiary alicyclic amines) is 1. The summed E-state index contributed by atoms with van der Waals surface area (Å²) in [7, 11) is 0. The molecule has 1 aliphatic heterocycles. The predicted molar refractivity (Wildman–Crippen MR) is 103 cm³/mol. The summed E-state index contributed by atoms with van der Waals surface area (Å²) in [6, 6.07) is 6.16. The van der Waals surface area contributed by atoms with Gasteiger partial charge >= 0.3 is 0 Å². The number of fused-ring (bicyclic) bond motifs is 1. The second-order valence-electron chi connectivity index (χ2n) is 6.65. The van der Waals surface area contributed by atoms with Gasteiger partial charge in [0, 0.05) is 31.5 Å². The molecular formula is C19H30N6. The molecule has 0 aromatic carbocycles. The Kier molecular flexibility index (Phi) is 6.28. The largest absolute Gasteiger partial charge is 0.357 e. The number of piperidine rings is 1. The molecule has 1 saturated heterocycles. The number of hydrogen-bond acceptors (Lipinski definition) is 3. The molecule has 0 aliphatic carbocycles. The highest BCUT2D eigenvalue weighted by Crippen LogP contribution is 2.09. The maximum atomic E-state index is 4.69. The van der Waals surface area contributed by atoms with E-state index in [9.17, 15) is 0 Å². The first-order valence-electron chi connectivity index (χ1n) is 9.44. The minimum atomic E-state index is 0.583. The molecule has 0 radical (unpaired) electrons. The second kappa shape index (κ2) is 8.85. The molecule has 1 fully saturated rings. The quantitative estimate of drug-likeness (QED) is 0.624. The Balaban J connectivity index is 1.55. The van der Waals surface area contributed by atoms with Crippen LogP contribution in [0.2, 0.25) is 0 Å². The zero-order valence-corrected chi connectivity index (χ0v) is 15.5. The lowest BCUT2D eigenvalue weighted by atomic mass is 10.1. The monoisotopic (exact) mass is 342 g/mol. The highest BCUT2D eigenvalue weighted by molar-refractivity contribution is 5.79. The first-order valence-corrected chi connectivity index (χ1v) is 9.44. The van der Waals surface area contributed by atoms with Gasteiger partial charge in [-0.05, 0) is 51.9 Å². The van der Waals surface area contributed by atoms with Crippen LogP contribution in [0.5, 0.6) is 0 Å². The summed E-state index contributed by atoms with van der Waals surface area (Å²) in [5.41, 5.74) is 3.16. The van der Waals surface area contributed by atoms with Crippen molar-refractivity contribution >= 4 is 11.6 Å². The van der Waals surface area contributed by atoms with Crippen LogP contribution in [0.3, 0.4) is 0 Å². The number of aryl methyl sites for hydroxylation is 1. The average Bonchev–Trinajstić information content (AvgIpc) is 3.05. The molecule has 2 aromatic rings. The van der Waals surface area contributed by atoms with Crippen molar-refractivity contribution in [3.05, 3.63) is 35.8 Å². The van der Waals surface area contributed by atoms with E-state index in [0.29, 0.717) is 6.54 Å². The van der Waals surface area contributed by atoms with Gasteiger partial charge in [0.05, 0.1) is 12.2 Å². The number of pyridine rings is 1. The maximum absolute atomic E-state index is 4.69. The van der Waals surface area contributed by atoms with Crippen molar-refractivity contribution in [3.8, 4) is 0 Å². The van der Waals surface area contributed by atoms with Gasteiger partial charge in [0.15, 0.2) is 5.96 Å². The van der Waals surface area contributed by atoms with Crippen LogP contribution in [0.25, 0.3) is 5.65 Å². The van der Waals surface area contributed by atoms with Crippen molar-refractivity contribution in [2.75, 3.05) is 32.7 Å². The van der Waals surface area contributed by atoms with Gasteiger partial charge in [-0.25, -0.2) is 9.98 Å². The molecule has 0 saturated carbocycles. The normalized spacial score (nSPS) is 16.3. The first kappa shape index (κ1) is 17.7. The Labute approximate surface area is 150 Å². The van der Waals surface area contributed by atoms with Gasteiger partial charge < -0.3 is 19.9 Å². The fourth-order valence-corrected chi connectivity index (χ4v) is 3.29. The van der Waals surface area contributed by atoms with Crippen LogP contribution in [0, 0.1) is 6.92 Å². The van der Waals surface area contributed by atoms with Crippen LogP contribution in [-0.2, 0) is 6.54 Å². The van der Waals surface area contributed by atoms with Crippen LogP contribution < -0.4 is 10.6 Å². The van der Waals surface area contributed by atoms with Crippen LogP contribution in [0.15, 0.2) is 29.4 Å². The summed E-state index contributed by atoms with van der Waals surface area (Å²) < 4.78 is 2.11. The van der Waals surface area contributed by atoms with Gasteiger partial charge in [-0.2, -0.15) is 0 Å². The Morgan fingerprint density at radius 1 is 1.20 bits per heavy atom. The molecule has 0 atom stereocenters. The molecule has 136 valence electrons. The summed E-state index contributed by atoms with van der Waals surface area (Å²) in [6.07, 6.45) is 6.13. The fraction of sp³-hybridized carbons (Fsp3) is 0.579. The molecule has 3 rings (SSSR count). The van der Waals surface area contributed by atoms with E-state index in [2.05, 4.69) is 51.0 Å². The van der Waals surface area contributed by atoms with E-state index in [1.54, 1.807) is 0 Å². The molecule has 25 heavy (non-hydrogen) atoms. The second-order valence-corrected chi connectivity index (χ2v) is 6.65. The Bertz CT molecular complexity index is 699. The predicted octanol–water partition coefficient (Wildman–Crippen LogP) is 2.18. The number of rotatable bonds is 6. The molecule has 0 amide bonds. The third-order valence-corrected chi connectivity index (χ3v) is 4.66. The third kappa shape index (κ3) is 4.95. The molecular weight excluding hydrogens is 312 g/mol. The fourth-order valence-electron chi connectivity index (χ4n) is 3.29. The van der Waals surface area contributed by atoms with Gasteiger partial charge in [0.2, 0.25) is 0 Å². The van der Waals surface area contributed by atoms with E-state index in [1.807, 2.05) is 12.1 Å². The Morgan fingerprint density at radius 2 is 2.04 bits per heavy atom. The van der Waals surface area contributed by atoms with Crippen LogP contribution in [0.4, 0.5) is 0 Å². The SMILES string of the molecule is CCNC(=NCc1cn2c(C)cccc2n1)NCCN1CCCCC1. The van der Waals surface area contributed by atoms with Gasteiger partial charge in [-0.3, -0.25) is 0 Å². The number of nitrogens with zero attached hydrogens (tertiary/aromatic N) is 4. The molecule has 6 nitrogen and oxygen atoms in total. The van der Waals surface area contributed by atoms with Crippen molar-refractivity contribution < 1.29 is 0 Å².